The van der Waals surface area contributed by atoms with E-state index in [1.807, 2.05) is 6.07 Å². The number of aliphatic imine (C=N–C) groups is 1. The van der Waals surface area contributed by atoms with Gasteiger partial charge in [-0.3, -0.25) is 4.99 Å². The van der Waals surface area contributed by atoms with Gasteiger partial charge in [0.1, 0.15) is 5.82 Å². The van der Waals surface area contributed by atoms with Gasteiger partial charge in [0, 0.05) is 32.7 Å². The Morgan fingerprint density at radius 2 is 2.05 bits per heavy atom. The monoisotopic (exact) mass is 408 g/mol. The van der Waals surface area contributed by atoms with E-state index in [0.717, 1.165) is 24.6 Å². The maximum Gasteiger partial charge on any atom is 0.191 e. The SMILES string of the molecule is CN=C(NCCN(C)C(C)C)NCc1cccc(F)c1.I. The van der Waals surface area contributed by atoms with Gasteiger partial charge < -0.3 is 15.5 Å². The Morgan fingerprint density at radius 3 is 2.62 bits per heavy atom. The summed E-state index contributed by atoms with van der Waals surface area (Å²) in [5.41, 5.74) is 0.896. The van der Waals surface area contributed by atoms with Crippen LogP contribution < -0.4 is 10.6 Å². The van der Waals surface area contributed by atoms with E-state index < -0.39 is 0 Å². The Bertz CT molecular complexity index is 437. The molecule has 0 heterocycles. The standard InChI is InChI=1S/C15H25FN4.HI/c1-12(2)20(4)9-8-18-15(17-3)19-11-13-6-5-7-14(16)10-13;/h5-7,10,12H,8-9,11H2,1-4H3,(H2,17,18,19);1H. The summed E-state index contributed by atoms with van der Waals surface area (Å²) in [5, 5.41) is 6.41. The summed E-state index contributed by atoms with van der Waals surface area (Å²) < 4.78 is 13.1. The summed E-state index contributed by atoms with van der Waals surface area (Å²) in [4.78, 5) is 6.41. The topological polar surface area (TPSA) is 39.7 Å². The van der Waals surface area contributed by atoms with E-state index in [1.54, 1.807) is 13.1 Å². The lowest BCUT2D eigenvalue weighted by molar-refractivity contribution is 0.278. The van der Waals surface area contributed by atoms with E-state index in [9.17, 15) is 4.39 Å². The lowest BCUT2D eigenvalue weighted by atomic mass is 10.2. The molecule has 0 unspecified atom stereocenters. The van der Waals surface area contributed by atoms with Gasteiger partial charge in [0.25, 0.3) is 0 Å². The van der Waals surface area contributed by atoms with Crippen LogP contribution in [-0.2, 0) is 6.54 Å². The van der Waals surface area contributed by atoms with Crippen LogP contribution in [-0.4, -0.2) is 44.1 Å². The molecule has 0 amide bonds. The van der Waals surface area contributed by atoms with Crippen LogP contribution in [0.2, 0.25) is 0 Å². The first-order valence-electron chi connectivity index (χ1n) is 6.92. The second kappa shape index (κ2) is 10.8. The molecule has 0 radical (unpaired) electrons. The van der Waals surface area contributed by atoms with E-state index in [2.05, 4.69) is 41.4 Å². The zero-order valence-electron chi connectivity index (χ0n) is 13.2. The molecule has 0 atom stereocenters. The van der Waals surface area contributed by atoms with Crippen LogP contribution in [0.5, 0.6) is 0 Å². The molecule has 120 valence electrons. The summed E-state index contributed by atoms with van der Waals surface area (Å²) in [5.74, 6) is 0.511. The summed E-state index contributed by atoms with van der Waals surface area (Å²) in [6.45, 7) is 6.64. The molecular formula is C15H26FIN4. The minimum atomic E-state index is -0.217. The maximum absolute atomic E-state index is 13.1. The number of rotatable bonds is 6. The van der Waals surface area contributed by atoms with Gasteiger partial charge in [-0.25, -0.2) is 4.39 Å². The lowest BCUT2D eigenvalue weighted by Gasteiger charge is -2.21. The van der Waals surface area contributed by atoms with E-state index in [0.29, 0.717) is 12.6 Å². The summed E-state index contributed by atoms with van der Waals surface area (Å²) >= 11 is 0. The third-order valence-corrected chi connectivity index (χ3v) is 3.21. The van der Waals surface area contributed by atoms with Crippen molar-refractivity contribution in [2.24, 2.45) is 4.99 Å². The maximum atomic E-state index is 13.1. The second-order valence-electron chi connectivity index (χ2n) is 5.06. The highest BCUT2D eigenvalue weighted by Gasteiger charge is 2.03. The molecule has 0 saturated carbocycles. The summed E-state index contributed by atoms with van der Waals surface area (Å²) in [6.07, 6.45) is 0. The first-order chi connectivity index (χ1) is 9.52. The van der Waals surface area contributed by atoms with Crippen LogP contribution >= 0.6 is 24.0 Å². The molecule has 6 heteroatoms. The first-order valence-corrected chi connectivity index (χ1v) is 6.92. The average Bonchev–Trinajstić information content (AvgIpc) is 2.42. The van der Waals surface area contributed by atoms with Crippen molar-refractivity contribution in [1.82, 2.24) is 15.5 Å². The van der Waals surface area contributed by atoms with Crippen LogP contribution in [0.4, 0.5) is 4.39 Å². The van der Waals surface area contributed by atoms with Crippen molar-refractivity contribution >= 4 is 29.9 Å². The third-order valence-electron chi connectivity index (χ3n) is 3.21. The largest absolute Gasteiger partial charge is 0.355 e. The van der Waals surface area contributed by atoms with E-state index >= 15 is 0 Å². The van der Waals surface area contributed by atoms with Crippen LogP contribution in [0.1, 0.15) is 19.4 Å². The number of guanidine groups is 1. The Kier molecular flexibility index (Phi) is 10.3. The fourth-order valence-corrected chi connectivity index (χ4v) is 1.66. The summed E-state index contributed by atoms with van der Waals surface area (Å²) in [6, 6.07) is 7.08. The number of nitrogens with zero attached hydrogens (tertiary/aromatic N) is 2. The van der Waals surface area contributed by atoms with Crippen molar-refractivity contribution in [3.05, 3.63) is 35.6 Å². The Hall–Kier alpha value is -0.890. The molecule has 0 bridgehead atoms. The van der Waals surface area contributed by atoms with Crippen molar-refractivity contribution in [2.45, 2.75) is 26.4 Å². The van der Waals surface area contributed by atoms with Gasteiger partial charge in [-0.1, -0.05) is 12.1 Å². The number of hydrogen-bond acceptors (Lipinski definition) is 2. The van der Waals surface area contributed by atoms with E-state index in [-0.39, 0.29) is 29.8 Å². The molecular weight excluding hydrogens is 382 g/mol. The second-order valence-corrected chi connectivity index (χ2v) is 5.06. The molecule has 0 aliphatic rings. The molecule has 0 saturated heterocycles. The molecule has 4 nitrogen and oxygen atoms in total. The molecule has 1 rings (SSSR count). The number of benzene rings is 1. The van der Waals surface area contributed by atoms with Gasteiger partial charge in [0.2, 0.25) is 0 Å². The minimum absolute atomic E-state index is 0. The van der Waals surface area contributed by atoms with Crippen molar-refractivity contribution in [1.29, 1.82) is 0 Å². The van der Waals surface area contributed by atoms with Crippen LogP contribution in [0.25, 0.3) is 0 Å². The number of likely N-dealkylation sites (N-methyl/N-ethyl adjacent to an activating group) is 1. The van der Waals surface area contributed by atoms with Gasteiger partial charge in [0.05, 0.1) is 0 Å². The number of hydrogen-bond donors (Lipinski definition) is 2. The Balaban J connectivity index is 0.00000400. The van der Waals surface area contributed by atoms with Gasteiger partial charge >= 0.3 is 0 Å². The zero-order valence-corrected chi connectivity index (χ0v) is 15.5. The van der Waals surface area contributed by atoms with Crippen molar-refractivity contribution in [2.75, 3.05) is 27.2 Å². The zero-order chi connectivity index (χ0) is 15.0. The molecule has 2 N–H and O–H groups in total. The molecule has 0 fully saturated rings. The third kappa shape index (κ3) is 8.21. The van der Waals surface area contributed by atoms with Crippen molar-refractivity contribution in [3.8, 4) is 0 Å². The summed E-state index contributed by atoms with van der Waals surface area (Å²) in [7, 11) is 3.82. The van der Waals surface area contributed by atoms with Gasteiger partial charge in [-0.05, 0) is 38.6 Å². The molecule has 1 aromatic carbocycles. The highest BCUT2D eigenvalue weighted by atomic mass is 127. The molecule has 1 aromatic rings. The van der Waals surface area contributed by atoms with Crippen molar-refractivity contribution in [3.63, 3.8) is 0 Å². The van der Waals surface area contributed by atoms with Crippen LogP contribution in [0.3, 0.4) is 0 Å². The van der Waals surface area contributed by atoms with Gasteiger partial charge in [-0.2, -0.15) is 0 Å². The fourth-order valence-electron chi connectivity index (χ4n) is 1.66. The molecule has 0 aliphatic heterocycles. The van der Waals surface area contributed by atoms with Crippen LogP contribution in [0.15, 0.2) is 29.3 Å². The average molecular weight is 408 g/mol. The molecule has 0 aliphatic carbocycles. The Morgan fingerprint density at radius 1 is 1.33 bits per heavy atom. The Labute approximate surface area is 144 Å². The fraction of sp³-hybridized carbons (Fsp3) is 0.533. The van der Waals surface area contributed by atoms with E-state index in [1.165, 1.54) is 12.1 Å². The number of nitrogens with one attached hydrogen (secondary N) is 2. The normalized spacial score (nSPS) is 11.5. The van der Waals surface area contributed by atoms with Gasteiger partial charge in [0.15, 0.2) is 5.96 Å². The van der Waals surface area contributed by atoms with E-state index in [4.69, 9.17) is 0 Å². The highest BCUT2D eigenvalue weighted by molar-refractivity contribution is 14.0. The smallest absolute Gasteiger partial charge is 0.191 e. The highest BCUT2D eigenvalue weighted by Crippen LogP contribution is 2.02. The van der Waals surface area contributed by atoms with Gasteiger partial charge in [-0.15, -0.1) is 24.0 Å². The first kappa shape index (κ1) is 20.1. The van der Waals surface area contributed by atoms with Crippen molar-refractivity contribution < 1.29 is 4.39 Å². The molecule has 0 spiro atoms. The van der Waals surface area contributed by atoms with Crippen LogP contribution in [0, 0.1) is 5.82 Å². The number of halogens is 2. The molecule has 21 heavy (non-hydrogen) atoms. The predicted octanol–water partition coefficient (Wildman–Crippen LogP) is 2.45. The molecule has 0 aromatic heterocycles. The quantitative estimate of drug-likeness (QED) is 0.432. The lowest BCUT2D eigenvalue weighted by Crippen LogP contribution is -2.41. The minimum Gasteiger partial charge on any atom is -0.355 e. The predicted molar refractivity (Wildman–Crippen MR) is 97.8 cm³/mol.